The molecule has 2 N–H and O–H groups in total. The van der Waals surface area contributed by atoms with Gasteiger partial charge in [0.2, 0.25) is 0 Å². The number of rotatable bonds is 1. The van der Waals surface area contributed by atoms with Gasteiger partial charge in [0.1, 0.15) is 5.75 Å². The molecule has 3 nitrogen and oxygen atoms in total. The van der Waals surface area contributed by atoms with E-state index in [-0.39, 0.29) is 16.7 Å². The van der Waals surface area contributed by atoms with E-state index in [2.05, 4.69) is 46.9 Å². The van der Waals surface area contributed by atoms with Gasteiger partial charge in [0.05, 0.1) is 0 Å². The summed E-state index contributed by atoms with van der Waals surface area (Å²) in [5.74, 6) is 0.266. The van der Waals surface area contributed by atoms with E-state index in [1.165, 1.54) is 0 Å². The maximum absolute atomic E-state index is 12.5. The van der Waals surface area contributed by atoms with Crippen molar-refractivity contribution in [3.63, 3.8) is 0 Å². The van der Waals surface area contributed by atoms with Crippen molar-refractivity contribution in [1.29, 1.82) is 0 Å². The van der Waals surface area contributed by atoms with Gasteiger partial charge in [0.25, 0.3) is 5.91 Å². The zero-order valence-electron chi connectivity index (χ0n) is 17.3. The summed E-state index contributed by atoms with van der Waals surface area (Å²) in [7, 11) is 0. The number of aromatic hydroxyl groups is 1. The number of aryl methyl sites for hydroxylation is 1. The first-order chi connectivity index (χ1) is 12.4. The SMILES string of the molecule is Cc1ccc2c(c1)/C(=C/c1cc(C(C)(C)C)c(O)c(C(C)(C)C)c1)C(=O)N2. The van der Waals surface area contributed by atoms with Gasteiger partial charge in [-0.15, -0.1) is 0 Å². The summed E-state index contributed by atoms with van der Waals surface area (Å²) >= 11 is 0. The minimum atomic E-state index is -0.203. The summed E-state index contributed by atoms with van der Waals surface area (Å²) in [6.45, 7) is 14.6. The first-order valence-corrected chi connectivity index (χ1v) is 9.40. The molecule has 3 rings (SSSR count). The third-order valence-corrected chi connectivity index (χ3v) is 5.02. The van der Waals surface area contributed by atoms with Gasteiger partial charge >= 0.3 is 0 Å². The molecule has 27 heavy (non-hydrogen) atoms. The zero-order chi connectivity index (χ0) is 20.1. The van der Waals surface area contributed by atoms with Crippen molar-refractivity contribution >= 4 is 23.2 Å². The van der Waals surface area contributed by atoms with Crippen molar-refractivity contribution in [2.45, 2.75) is 59.3 Å². The van der Waals surface area contributed by atoms with Gasteiger partial charge in [-0.3, -0.25) is 4.79 Å². The highest BCUT2D eigenvalue weighted by Gasteiger charge is 2.28. The van der Waals surface area contributed by atoms with Gasteiger partial charge in [-0.1, -0.05) is 53.2 Å². The minimum Gasteiger partial charge on any atom is -0.507 e. The van der Waals surface area contributed by atoms with E-state index in [1.54, 1.807) is 0 Å². The van der Waals surface area contributed by atoms with Gasteiger partial charge in [0, 0.05) is 28.0 Å². The lowest BCUT2D eigenvalue weighted by molar-refractivity contribution is -0.110. The van der Waals surface area contributed by atoms with Gasteiger partial charge in [-0.25, -0.2) is 0 Å². The molecular formula is C24H29NO2. The quantitative estimate of drug-likeness (QED) is 0.630. The Morgan fingerprint density at radius 1 is 0.926 bits per heavy atom. The number of anilines is 1. The molecule has 1 aliphatic heterocycles. The van der Waals surface area contributed by atoms with Crippen molar-refractivity contribution < 1.29 is 9.90 Å². The van der Waals surface area contributed by atoms with Crippen molar-refractivity contribution in [1.82, 2.24) is 0 Å². The normalized spacial score (nSPS) is 15.8. The number of fused-ring (bicyclic) bond motifs is 1. The third-order valence-electron chi connectivity index (χ3n) is 5.02. The Labute approximate surface area is 162 Å². The summed E-state index contributed by atoms with van der Waals surface area (Å²) in [6, 6.07) is 9.98. The fraction of sp³-hybridized carbons (Fsp3) is 0.375. The Balaban J connectivity index is 2.23. The molecule has 3 heteroatoms. The van der Waals surface area contributed by atoms with Gasteiger partial charge in [0.15, 0.2) is 0 Å². The molecule has 0 aliphatic carbocycles. The highest BCUT2D eigenvalue weighted by molar-refractivity contribution is 6.35. The van der Waals surface area contributed by atoms with Crippen LogP contribution in [0.4, 0.5) is 5.69 Å². The zero-order valence-corrected chi connectivity index (χ0v) is 17.3. The van der Waals surface area contributed by atoms with Crippen molar-refractivity contribution in [2.75, 3.05) is 5.32 Å². The Morgan fingerprint density at radius 3 is 2.00 bits per heavy atom. The predicted molar refractivity (Wildman–Crippen MR) is 113 cm³/mol. The number of carbonyl (C=O) groups excluding carboxylic acids is 1. The topological polar surface area (TPSA) is 49.3 Å². The number of carbonyl (C=O) groups is 1. The predicted octanol–water partition coefficient (Wildman–Crippen LogP) is 5.79. The number of phenols is 1. The first kappa shape index (κ1) is 19.2. The molecule has 0 radical (unpaired) electrons. The molecule has 0 saturated carbocycles. The van der Waals surface area contributed by atoms with Crippen LogP contribution in [0.2, 0.25) is 0 Å². The van der Waals surface area contributed by atoms with E-state index in [4.69, 9.17) is 0 Å². The fourth-order valence-corrected chi connectivity index (χ4v) is 3.50. The van der Waals surface area contributed by atoms with Crippen molar-refractivity contribution in [3.8, 4) is 5.75 Å². The summed E-state index contributed by atoms with van der Waals surface area (Å²) in [6.07, 6.45) is 1.94. The maximum atomic E-state index is 12.5. The molecule has 0 unspecified atom stereocenters. The van der Waals surface area contributed by atoms with Crippen LogP contribution in [-0.4, -0.2) is 11.0 Å². The van der Waals surface area contributed by atoms with Gasteiger partial charge in [-0.2, -0.15) is 0 Å². The maximum Gasteiger partial charge on any atom is 0.256 e. The molecule has 142 valence electrons. The van der Waals surface area contributed by atoms with Crippen LogP contribution in [0.1, 0.15) is 69.4 Å². The van der Waals surface area contributed by atoms with Crippen LogP contribution in [0.25, 0.3) is 11.6 Å². The molecule has 0 saturated heterocycles. The number of amides is 1. The second kappa shape index (κ2) is 6.26. The van der Waals surface area contributed by atoms with E-state index >= 15 is 0 Å². The molecular weight excluding hydrogens is 334 g/mol. The molecule has 0 bridgehead atoms. The van der Waals surface area contributed by atoms with Crippen molar-refractivity contribution in [3.05, 3.63) is 58.1 Å². The third kappa shape index (κ3) is 3.64. The average Bonchev–Trinajstić information content (AvgIpc) is 2.82. The van der Waals surface area contributed by atoms with Crippen LogP contribution >= 0.6 is 0 Å². The number of nitrogens with one attached hydrogen (secondary N) is 1. The molecule has 2 aromatic carbocycles. The summed E-state index contributed by atoms with van der Waals surface area (Å²) in [4.78, 5) is 12.5. The number of phenolic OH excluding ortho intramolecular Hbond substituents is 1. The average molecular weight is 364 g/mol. The van der Waals surface area contributed by atoms with Crippen LogP contribution in [-0.2, 0) is 15.6 Å². The van der Waals surface area contributed by atoms with Gasteiger partial charge in [-0.05, 0) is 53.7 Å². The van der Waals surface area contributed by atoms with E-state index in [1.807, 2.05) is 43.3 Å². The highest BCUT2D eigenvalue weighted by atomic mass is 16.3. The second-order valence-corrected chi connectivity index (χ2v) is 9.53. The Hall–Kier alpha value is -2.55. The van der Waals surface area contributed by atoms with Crippen LogP contribution < -0.4 is 5.32 Å². The first-order valence-electron chi connectivity index (χ1n) is 9.40. The molecule has 1 aliphatic rings. The Kier molecular flexibility index (Phi) is 4.46. The number of hydrogen-bond donors (Lipinski definition) is 2. The van der Waals surface area contributed by atoms with Crippen LogP contribution in [0, 0.1) is 6.92 Å². The van der Waals surface area contributed by atoms with E-state index < -0.39 is 0 Å². The Morgan fingerprint density at radius 2 is 1.48 bits per heavy atom. The van der Waals surface area contributed by atoms with E-state index in [0.717, 1.165) is 33.5 Å². The number of benzene rings is 2. The molecule has 1 amide bonds. The summed E-state index contributed by atoms with van der Waals surface area (Å²) < 4.78 is 0. The van der Waals surface area contributed by atoms with Crippen LogP contribution in [0.15, 0.2) is 30.3 Å². The lowest BCUT2D eigenvalue weighted by Gasteiger charge is -2.28. The summed E-state index contributed by atoms with van der Waals surface area (Å²) in [5, 5.41) is 13.8. The molecule has 0 atom stereocenters. The molecule has 0 fully saturated rings. The lowest BCUT2D eigenvalue weighted by Crippen LogP contribution is -2.17. The highest BCUT2D eigenvalue weighted by Crippen LogP contribution is 2.41. The minimum absolute atomic E-state index is 0.0849. The summed E-state index contributed by atoms with van der Waals surface area (Å²) in [5.41, 5.74) is 5.88. The van der Waals surface area contributed by atoms with Gasteiger partial charge < -0.3 is 10.4 Å². The molecule has 0 aromatic heterocycles. The smallest absolute Gasteiger partial charge is 0.256 e. The number of hydrogen-bond acceptors (Lipinski definition) is 2. The van der Waals surface area contributed by atoms with Crippen LogP contribution in [0.3, 0.4) is 0 Å². The van der Waals surface area contributed by atoms with Crippen LogP contribution in [0.5, 0.6) is 5.75 Å². The van der Waals surface area contributed by atoms with Crippen molar-refractivity contribution in [2.24, 2.45) is 0 Å². The Bertz CT molecular complexity index is 918. The molecule has 1 heterocycles. The standard InChI is InChI=1S/C24H29NO2/c1-14-8-9-20-16(10-14)17(22(27)25-20)11-15-12-18(23(2,3)4)21(26)19(13-15)24(5,6)7/h8-13,26H,1-7H3,(H,25,27)/b17-11-. The largest absolute Gasteiger partial charge is 0.507 e. The molecule has 0 spiro atoms. The second-order valence-electron chi connectivity index (χ2n) is 9.53. The monoisotopic (exact) mass is 363 g/mol. The van der Waals surface area contributed by atoms with E-state index in [9.17, 15) is 9.90 Å². The lowest BCUT2D eigenvalue weighted by atomic mass is 9.78. The fourth-order valence-electron chi connectivity index (χ4n) is 3.50. The molecule has 2 aromatic rings. The van der Waals surface area contributed by atoms with E-state index in [0.29, 0.717) is 11.3 Å².